The van der Waals surface area contributed by atoms with E-state index in [2.05, 4.69) is 36.4 Å². The van der Waals surface area contributed by atoms with Gasteiger partial charge >= 0.3 is 0 Å². The molecule has 3 heterocycles. The molecule has 2 aromatic rings. The molecule has 0 amide bonds. The van der Waals surface area contributed by atoms with Gasteiger partial charge in [0.1, 0.15) is 29.5 Å². The highest BCUT2D eigenvalue weighted by Gasteiger charge is 2.32. The first-order valence-electron chi connectivity index (χ1n) is 10.1. The normalized spacial score (nSPS) is 25.6. The second-order valence-electron chi connectivity index (χ2n) is 7.46. The van der Waals surface area contributed by atoms with Gasteiger partial charge in [0.25, 0.3) is 0 Å². The second-order valence-corrected chi connectivity index (χ2v) is 7.46. The molecule has 0 radical (unpaired) electrons. The molecule has 10 nitrogen and oxygen atoms in total. The number of rotatable bonds is 7. The third-order valence-corrected chi connectivity index (χ3v) is 5.56. The summed E-state index contributed by atoms with van der Waals surface area (Å²) >= 11 is 0. The minimum absolute atomic E-state index is 0.0386. The van der Waals surface area contributed by atoms with Crippen molar-refractivity contribution in [1.82, 2.24) is 31.1 Å². The highest BCUT2D eigenvalue weighted by atomic mass is 16.5. The Morgan fingerprint density at radius 3 is 2.67 bits per heavy atom. The number of aromatic nitrogens is 3. The van der Waals surface area contributed by atoms with E-state index in [9.17, 15) is 0 Å². The lowest BCUT2D eigenvalue weighted by Gasteiger charge is -2.21. The van der Waals surface area contributed by atoms with Crippen LogP contribution in [0, 0.1) is 11.3 Å². The van der Waals surface area contributed by atoms with E-state index in [1.165, 1.54) is 6.20 Å². The Labute approximate surface area is 175 Å². The molecule has 158 valence electrons. The van der Waals surface area contributed by atoms with Crippen molar-refractivity contribution < 1.29 is 9.47 Å². The molecule has 1 aliphatic carbocycles. The molecule has 10 heteroatoms. The first kappa shape index (κ1) is 20.3. The molecule has 2 aliphatic rings. The van der Waals surface area contributed by atoms with Gasteiger partial charge < -0.3 is 20.1 Å². The molecule has 2 unspecified atom stereocenters. The SMILES string of the molecule is CN[C@@H]1CC[C@@H](Oc2cncc(OC)c2C2CC(Nc3cnc(C#N)cn3)NN2)C1. The van der Waals surface area contributed by atoms with Gasteiger partial charge in [-0.25, -0.2) is 20.8 Å². The molecule has 4 rings (SSSR count). The minimum Gasteiger partial charge on any atom is -0.495 e. The number of hydrogen-bond donors (Lipinski definition) is 4. The third-order valence-electron chi connectivity index (χ3n) is 5.56. The van der Waals surface area contributed by atoms with Crippen LogP contribution in [0.2, 0.25) is 0 Å². The van der Waals surface area contributed by atoms with E-state index >= 15 is 0 Å². The molecule has 1 saturated carbocycles. The Kier molecular flexibility index (Phi) is 6.23. The smallest absolute Gasteiger partial charge is 0.158 e. The molecule has 4 atom stereocenters. The lowest BCUT2D eigenvalue weighted by atomic mass is 10.0. The fourth-order valence-corrected chi connectivity index (χ4v) is 4.00. The van der Waals surface area contributed by atoms with E-state index in [0.29, 0.717) is 17.6 Å². The van der Waals surface area contributed by atoms with Crippen LogP contribution in [0.4, 0.5) is 5.82 Å². The number of nitrogens with one attached hydrogen (secondary N) is 4. The van der Waals surface area contributed by atoms with Crippen molar-refractivity contribution in [2.24, 2.45) is 0 Å². The highest BCUT2D eigenvalue weighted by molar-refractivity contribution is 5.45. The molecule has 4 N–H and O–H groups in total. The van der Waals surface area contributed by atoms with E-state index in [1.807, 2.05) is 13.1 Å². The van der Waals surface area contributed by atoms with Gasteiger partial charge in [-0.05, 0) is 26.3 Å². The molecule has 1 aliphatic heterocycles. The van der Waals surface area contributed by atoms with Crippen molar-refractivity contribution in [3.63, 3.8) is 0 Å². The molecular weight excluding hydrogens is 384 g/mol. The third kappa shape index (κ3) is 4.43. The summed E-state index contributed by atoms with van der Waals surface area (Å²) < 4.78 is 11.9. The quantitative estimate of drug-likeness (QED) is 0.529. The van der Waals surface area contributed by atoms with Crippen LogP contribution >= 0.6 is 0 Å². The predicted molar refractivity (Wildman–Crippen MR) is 110 cm³/mol. The first-order chi connectivity index (χ1) is 14.7. The number of anilines is 1. The Hall–Kier alpha value is -3.00. The van der Waals surface area contributed by atoms with Gasteiger partial charge in [0.05, 0.1) is 49.7 Å². The van der Waals surface area contributed by atoms with Crippen molar-refractivity contribution in [3.8, 4) is 17.6 Å². The van der Waals surface area contributed by atoms with Crippen LogP contribution in [0.25, 0.3) is 0 Å². The Balaban J connectivity index is 1.47. The predicted octanol–water partition coefficient (Wildman–Crippen LogP) is 1.25. The van der Waals surface area contributed by atoms with E-state index in [1.54, 1.807) is 25.7 Å². The summed E-state index contributed by atoms with van der Waals surface area (Å²) in [6.45, 7) is 0. The largest absolute Gasteiger partial charge is 0.495 e. The minimum atomic E-state index is -0.0805. The zero-order valence-corrected chi connectivity index (χ0v) is 17.1. The maximum atomic E-state index is 8.85. The zero-order chi connectivity index (χ0) is 20.9. The molecule has 0 aromatic carbocycles. The van der Waals surface area contributed by atoms with Crippen LogP contribution in [-0.4, -0.2) is 47.4 Å². The van der Waals surface area contributed by atoms with Crippen LogP contribution in [0.3, 0.4) is 0 Å². The molecule has 0 spiro atoms. The van der Waals surface area contributed by atoms with E-state index < -0.39 is 0 Å². The summed E-state index contributed by atoms with van der Waals surface area (Å²) in [5.41, 5.74) is 7.78. The highest BCUT2D eigenvalue weighted by Crippen LogP contribution is 2.38. The monoisotopic (exact) mass is 410 g/mol. The van der Waals surface area contributed by atoms with Crippen LogP contribution in [0.1, 0.15) is 43.0 Å². The molecule has 2 fully saturated rings. The van der Waals surface area contributed by atoms with E-state index in [-0.39, 0.29) is 24.0 Å². The van der Waals surface area contributed by atoms with Gasteiger partial charge in [-0.3, -0.25) is 4.98 Å². The molecule has 0 bridgehead atoms. The second kappa shape index (κ2) is 9.21. The number of methoxy groups -OCH3 is 1. The van der Waals surface area contributed by atoms with Gasteiger partial charge in [-0.1, -0.05) is 0 Å². The summed E-state index contributed by atoms with van der Waals surface area (Å²) in [6, 6.07) is 2.42. The topological polar surface area (TPSA) is 129 Å². The Bertz CT molecular complexity index is 901. The zero-order valence-electron chi connectivity index (χ0n) is 17.1. The van der Waals surface area contributed by atoms with Crippen molar-refractivity contribution in [3.05, 3.63) is 36.0 Å². The van der Waals surface area contributed by atoms with Crippen molar-refractivity contribution in [1.29, 1.82) is 5.26 Å². The van der Waals surface area contributed by atoms with Gasteiger partial charge in [0.2, 0.25) is 0 Å². The summed E-state index contributed by atoms with van der Waals surface area (Å²) in [7, 11) is 3.63. The average molecular weight is 410 g/mol. The van der Waals surface area contributed by atoms with Gasteiger partial charge in [0.15, 0.2) is 5.69 Å². The molecular formula is C20H26N8O2. The molecule has 2 aromatic heterocycles. The summed E-state index contributed by atoms with van der Waals surface area (Å²) in [5, 5.41) is 15.5. The Morgan fingerprint density at radius 2 is 1.97 bits per heavy atom. The fourth-order valence-electron chi connectivity index (χ4n) is 4.00. The van der Waals surface area contributed by atoms with Crippen molar-refractivity contribution >= 4 is 5.82 Å². The fraction of sp³-hybridized carbons (Fsp3) is 0.500. The standard InChI is InChI=1S/C20H26N8O2/c1-22-12-3-4-14(5-12)30-17-10-23-9-16(29-2)20(17)15-6-18(28-27-15)26-19-11-24-13(7-21)8-25-19/h8-12,14-15,18,22,27-28H,3-6H2,1-2H3,(H,25,26)/t12-,14-,15?,18?/m1/s1. The van der Waals surface area contributed by atoms with Crippen LogP contribution in [0.5, 0.6) is 11.5 Å². The lowest BCUT2D eigenvalue weighted by Crippen LogP contribution is -2.36. The number of hydrazine groups is 1. The summed E-state index contributed by atoms with van der Waals surface area (Å²) in [6.07, 6.45) is 10.4. The number of hydrogen-bond acceptors (Lipinski definition) is 10. The van der Waals surface area contributed by atoms with Crippen LogP contribution in [-0.2, 0) is 0 Å². The van der Waals surface area contributed by atoms with Gasteiger partial charge in [0, 0.05) is 12.5 Å². The number of ether oxygens (including phenoxy) is 2. The van der Waals surface area contributed by atoms with Crippen molar-refractivity contribution in [2.45, 2.75) is 50.0 Å². The van der Waals surface area contributed by atoms with Crippen LogP contribution < -0.4 is 31.0 Å². The summed E-state index contributed by atoms with van der Waals surface area (Å²) in [4.78, 5) is 12.6. The Morgan fingerprint density at radius 1 is 1.10 bits per heavy atom. The lowest BCUT2D eigenvalue weighted by molar-refractivity contribution is 0.201. The maximum Gasteiger partial charge on any atom is 0.158 e. The molecule has 1 saturated heterocycles. The van der Waals surface area contributed by atoms with E-state index in [4.69, 9.17) is 14.7 Å². The molecule has 30 heavy (non-hydrogen) atoms. The maximum absolute atomic E-state index is 8.85. The summed E-state index contributed by atoms with van der Waals surface area (Å²) in [5.74, 6) is 2.03. The average Bonchev–Trinajstić information content (AvgIpc) is 3.43. The van der Waals surface area contributed by atoms with Gasteiger partial charge in [-0.15, -0.1) is 0 Å². The number of pyridine rings is 1. The number of nitriles is 1. The first-order valence-corrected chi connectivity index (χ1v) is 10.1. The van der Waals surface area contributed by atoms with Crippen molar-refractivity contribution in [2.75, 3.05) is 19.5 Å². The van der Waals surface area contributed by atoms with E-state index in [0.717, 1.165) is 37.0 Å². The van der Waals surface area contributed by atoms with Crippen LogP contribution in [0.15, 0.2) is 24.8 Å². The number of nitrogens with zero attached hydrogens (tertiary/aromatic N) is 4. The van der Waals surface area contributed by atoms with Gasteiger partial charge in [-0.2, -0.15) is 5.26 Å².